The second-order valence-corrected chi connectivity index (χ2v) is 5.40. The second kappa shape index (κ2) is 6.08. The number of carboxylic acids is 1. The van der Waals surface area contributed by atoms with Gasteiger partial charge in [-0.1, -0.05) is 6.07 Å². The maximum absolute atomic E-state index is 10.6. The molecule has 20 heavy (non-hydrogen) atoms. The smallest absolute Gasteiger partial charge is 0.328 e. The lowest BCUT2D eigenvalue weighted by Gasteiger charge is -2.07. The lowest BCUT2D eigenvalue weighted by Crippen LogP contribution is -1.96. The average molecular weight is 384 g/mol. The third-order valence-electron chi connectivity index (χ3n) is 2.62. The molecule has 0 aliphatic carbocycles. The summed E-state index contributed by atoms with van der Waals surface area (Å²) in [6.45, 7) is 1.81. The normalized spacial score (nSPS) is 10.9. The van der Waals surface area contributed by atoms with Crippen LogP contribution >= 0.6 is 22.6 Å². The molecule has 1 aromatic heterocycles. The molecule has 0 radical (unpaired) electrons. The highest BCUT2D eigenvalue weighted by Gasteiger charge is 2.13. The van der Waals surface area contributed by atoms with Crippen molar-refractivity contribution in [3.8, 4) is 11.6 Å². The van der Waals surface area contributed by atoms with E-state index in [0.29, 0.717) is 22.9 Å². The summed E-state index contributed by atoms with van der Waals surface area (Å²) in [6.07, 6.45) is 2.57. The maximum atomic E-state index is 10.6. The summed E-state index contributed by atoms with van der Waals surface area (Å²) in [5, 5.41) is 13.0. The predicted octanol–water partition coefficient (Wildman–Crippen LogP) is 3.22. The fourth-order valence-electron chi connectivity index (χ4n) is 1.76. The van der Waals surface area contributed by atoms with E-state index in [4.69, 9.17) is 9.84 Å². The summed E-state index contributed by atoms with van der Waals surface area (Å²) in [7, 11) is 1.76. The molecule has 1 heterocycles. The molecule has 0 spiro atoms. The minimum absolute atomic E-state index is 0.516. The van der Waals surface area contributed by atoms with Crippen molar-refractivity contribution in [3.63, 3.8) is 0 Å². The quantitative estimate of drug-likeness (QED) is 0.650. The maximum Gasteiger partial charge on any atom is 0.328 e. The number of nitrogens with zero attached hydrogens (tertiary/aromatic N) is 2. The fourth-order valence-corrected chi connectivity index (χ4v) is 2.28. The number of hydrogen-bond acceptors (Lipinski definition) is 3. The number of benzene rings is 1. The molecule has 0 bridgehead atoms. The molecule has 1 aromatic carbocycles. The number of ether oxygens (including phenoxy) is 1. The number of carbonyl (C=O) groups is 1. The minimum atomic E-state index is -1.01. The number of halogens is 1. The largest absolute Gasteiger partial charge is 0.478 e. The molecule has 0 amide bonds. The van der Waals surface area contributed by atoms with E-state index >= 15 is 0 Å². The first-order valence-corrected chi connectivity index (χ1v) is 6.93. The summed E-state index contributed by atoms with van der Waals surface area (Å²) in [5.74, 6) is 0.195. The van der Waals surface area contributed by atoms with E-state index in [1.165, 1.54) is 6.08 Å². The Morgan fingerprint density at radius 3 is 2.90 bits per heavy atom. The molecule has 0 atom stereocenters. The van der Waals surface area contributed by atoms with E-state index in [9.17, 15) is 4.79 Å². The Hall–Kier alpha value is -1.83. The third kappa shape index (κ3) is 3.38. The van der Waals surface area contributed by atoms with Crippen molar-refractivity contribution in [2.45, 2.75) is 6.92 Å². The zero-order chi connectivity index (χ0) is 14.7. The van der Waals surface area contributed by atoms with Crippen LogP contribution in [0, 0.1) is 10.5 Å². The van der Waals surface area contributed by atoms with Gasteiger partial charge in [0.1, 0.15) is 5.75 Å². The van der Waals surface area contributed by atoms with Crippen LogP contribution in [-0.2, 0) is 11.8 Å². The first-order chi connectivity index (χ1) is 9.47. The summed E-state index contributed by atoms with van der Waals surface area (Å²) in [6, 6.07) is 7.60. The Morgan fingerprint density at radius 1 is 1.50 bits per heavy atom. The van der Waals surface area contributed by atoms with Crippen molar-refractivity contribution >= 4 is 34.6 Å². The Labute approximate surface area is 130 Å². The third-order valence-corrected chi connectivity index (χ3v) is 3.29. The topological polar surface area (TPSA) is 64.4 Å². The SMILES string of the molecule is Cc1nn(C)c(Oc2cccc(I)c2)c1/C=C/C(=O)O. The molecule has 5 nitrogen and oxygen atoms in total. The van der Waals surface area contributed by atoms with Gasteiger partial charge in [-0.25, -0.2) is 9.48 Å². The Kier molecular flexibility index (Phi) is 4.43. The number of aliphatic carboxylic acids is 1. The van der Waals surface area contributed by atoms with Crippen molar-refractivity contribution in [2.24, 2.45) is 7.05 Å². The van der Waals surface area contributed by atoms with Crippen LogP contribution in [0.2, 0.25) is 0 Å². The average Bonchev–Trinajstić information content (AvgIpc) is 2.62. The molecule has 0 saturated heterocycles. The first kappa shape index (κ1) is 14.6. The Balaban J connectivity index is 2.38. The van der Waals surface area contributed by atoms with Crippen molar-refractivity contribution in [3.05, 3.63) is 45.2 Å². The van der Waals surface area contributed by atoms with Gasteiger partial charge >= 0.3 is 5.97 Å². The highest BCUT2D eigenvalue weighted by atomic mass is 127. The minimum Gasteiger partial charge on any atom is -0.478 e. The standard InChI is InChI=1S/C14H13IN2O3/c1-9-12(6-7-13(18)19)14(17(2)16-9)20-11-5-3-4-10(15)8-11/h3-8H,1-2H3,(H,18,19)/b7-6+. The van der Waals surface area contributed by atoms with E-state index in [1.54, 1.807) is 11.7 Å². The highest BCUT2D eigenvalue weighted by molar-refractivity contribution is 14.1. The van der Waals surface area contributed by atoms with Gasteiger partial charge in [0.25, 0.3) is 0 Å². The van der Waals surface area contributed by atoms with Crippen LogP contribution < -0.4 is 4.74 Å². The van der Waals surface area contributed by atoms with E-state index in [-0.39, 0.29) is 0 Å². The van der Waals surface area contributed by atoms with Crippen LogP contribution in [0.25, 0.3) is 6.08 Å². The first-order valence-electron chi connectivity index (χ1n) is 5.85. The number of carboxylic acid groups (broad SMARTS) is 1. The van der Waals surface area contributed by atoms with Crippen LogP contribution in [0.3, 0.4) is 0 Å². The molecule has 2 aromatic rings. The van der Waals surface area contributed by atoms with Crippen LogP contribution in [0.4, 0.5) is 0 Å². The van der Waals surface area contributed by atoms with E-state index < -0.39 is 5.97 Å². The van der Waals surface area contributed by atoms with Gasteiger partial charge < -0.3 is 9.84 Å². The van der Waals surface area contributed by atoms with Gasteiger partial charge in [0.2, 0.25) is 5.88 Å². The monoisotopic (exact) mass is 384 g/mol. The van der Waals surface area contributed by atoms with Gasteiger partial charge in [-0.3, -0.25) is 0 Å². The van der Waals surface area contributed by atoms with Gasteiger partial charge in [0.15, 0.2) is 0 Å². The number of hydrogen-bond donors (Lipinski definition) is 1. The molecule has 6 heteroatoms. The molecule has 1 N–H and O–H groups in total. The van der Waals surface area contributed by atoms with Crippen LogP contribution in [0.5, 0.6) is 11.6 Å². The zero-order valence-corrected chi connectivity index (χ0v) is 13.2. The van der Waals surface area contributed by atoms with Gasteiger partial charge in [-0.05, 0) is 53.8 Å². The lowest BCUT2D eigenvalue weighted by atomic mass is 10.2. The Bertz CT molecular complexity index is 677. The molecule has 0 unspecified atom stereocenters. The summed E-state index contributed by atoms with van der Waals surface area (Å²) in [5.41, 5.74) is 1.37. The molecular weight excluding hydrogens is 371 g/mol. The van der Waals surface area contributed by atoms with Gasteiger partial charge in [-0.15, -0.1) is 0 Å². The zero-order valence-electron chi connectivity index (χ0n) is 11.0. The van der Waals surface area contributed by atoms with Gasteiger partial charge in [-0.2, -0.15) is 5.10 Å². The van der Waals surface area contributed by atoms with Crippen molar-refractivity contribution in [2.75, 3.05) is 0 Å². The van der Waals surface area contributed by atoms with Crippen LogP contribution in [0.1, 0.15) is 11.3 Å². The van der Waals surface area contributed by atoms with Gasteiger partial charge in [0, 0.05) is 16.7 Å². The predicted molar refractivity (Wildman–Crippen MR) is 83.8 cm³/mol. The number of rotatable bonds is 4. The summed E-state index contributed by atoms with van der Waals surface area (Å²) < 4.78 is 8.48. The van der Waals surface area contributed by atoms with E-state index in [2.05, 4.69) is 27.7 Å². The molecule has 0 aliphatic rings. The Morgan fingerprint density at radius 2 is 2.25 bits per heavy atom. The van der Waals surface area contributed by atoms with Crippen molar-refractivity contribution in [1.82, 2.24) is 9.78 Å². The molecule has 2 rings (SSSR count). The summed E-state index contributed by atoms with van der Waals surface area (Å²) >= 11 is 2.20. The fraction of sp³-hybridized carbons (Fsp3) is 0.143. The van der Waals surface area contributed by atoms with Crippen LogP contribution in [-0.4, -0.2) is 20.9 Å². The molecule has 104 valence electrons. The molecule has 0 fully saturated rings. The molecule has 0 saturated carbocycles. The number of aryl methyl sites for hydroxylation is 2. The lowest BCUT2D eigenvalue weighted by molar-refractivity contribution is -0.131. The van der Waals surface area contributed by atoms with E-state index in [0.717, 1.165) is 9.65 Å². The highest BCUT2D eigenvalue weighted by Crippen LogP contribution is 2.28. The second-order valence-electron chi connectivity index (χ2n) is 4.16. The van der Waals surface area contributed by atoms with Crippen LogP contribution in [0.15, 0.2) is 30.3 Å². The number of aromatic nitrogens is 2. The van der Waals surface area contributed by atoms with Gasteiger partial charge in [0.05, 0.1) is 11.3 Å². The summed E-state index contributed by atoms with van der Waals surface area (Å²) in [4.78, 5) is 10.6. The molecule has 0 aliphatic heterocycles. The van der Waals surface area contributed by atoms with E-state index in [1.807, 2.05) is 31.2 Å². The van der Waals surface area contributed by atoms with Crippen molar-refractivity contribution in [1.29, 1.82) is 0 Å². The van der Waals surface area contributed by atoms with Crippen molar-refractivity contribution < 1.29 is 14.6 Å². The molecular formula is C14H13IN2O3.